The van der Waals surface area contributed by atoms with E-state index < -0.39 is 0 Å². The highest BCUT2D eigenvalue weighted by molar-refractivity contribution is 5.92. The van der Waals surface area contributed by atoms with E-state index in [1.807, 2.05) is 4.90 Å². The van der Waals surface area contributed by atoms with Crippen LogP contribution in [0, 0.1) is 12.8 Å². The Kier molecular flexibility index (Phi) is 4.29. The second-order valence-electron chi connectivity index (χ2n) is 6.34. The molecule has 2 fully saturated rings. The zero-order valence-corrected chi connectivity index (χ0v) is 12.6. The molecule has 1 aromatic heterocycles. The van der Waals surface area contributed by atoms with Gasteiger partial charge in [0.15, 0.2) is 6.39 Å². The van der Waals surface area contributed by atoms with Gasteiger partial charge in [-0.1, -0.05) is 12.8 Å². The Balaban J connectivity index is 1.81. The number of rotatable bonds is 2. The molecule has 2 heterocycles. The zero-order chi connectivity index (χ0) is 14.8. The number of oxazole rings is 1. The Hall–Kier alpha value is -1.36. The second kappa shape index (κ2) is 6.18. The summed E-state index contributed by atoms with van der Waals surface area (Å²) in [4.78, 5) is 18.7. The summed E-state index contributed by atoms with van der Waals surface area (Å²) in [6, 6.07) is 0.144. The molecule has 1 aliphatic heterocycles. The van der Waals surface area contributed by atoms with E-state index in [-0.39, 0.29) is 24.0 Å². The van der Waals surface area contributed by atoms with Crippen molar-refractivity contribution in [2.45, 2.75) is 64.0 Å². The van der Waals surface area contributed by atoms with Crippen molar-refractivity contribution in [3.8, 4) is 0 Å². The monoisotopic (exact) mass is 292 g/mol. The van der Waals surface area contributed by atoms with Gasteiger partial charge in [0, 0.05) is 18.5 Å². The Morgan fingerprint density at radius 2 is 2.05 bits per heavy atom. The van der Waals surface area contributed by atoms with Crippen LogP contribution in [0.5, 0.6) is 0 Å². The van der Waals surface area contributed by atoms with Crippen LogP contribution in [-0.2, 0) is 0 Å². The molecule has 1 aliphatic carbocycles. The van der Waals surface area contributed by atoms with Crippen molar-refractivity contribution in [3.05, 3.63) is 17.8 Å². The molecule has 1 amide bonds. The van der Waals surface area contributed by atoms with E-state index in [1.54, 1.807) is 6.92 Å². The fraction of sp³-hybridized carbons (Fsp3) is 0.750. The van der Waals surface area contributed by atoms with E-state index in [0.29, 0.717) is 11.5 Å². The molecule has 0 radical (unpaired) electrons. The van der Waals surface area contributed by atoms with E-state index in [0.717, 1.165) is 51.5 Å². The SMILES string of the molecule is Cc1ncoc1C(=O)N1CCCCC1C1CCCCC1O. The quantitative estimate of drug-likeness (QED) is 0.909. The Labute approximate surface area is 125 Å². The van der Waals surface area contributed by atoms with Crippen molar-refractivity contribution in [1.82, 2.24) is 9.88 Å². The predicted molar refractivity (Wildman–Crippen MR) is 77.9 cm³/mol. The van der Waals surface area contributed by atoms with Gasteiger partial charge in [0.25, 0.3) is 5.91 Å². The zero-order valence-electron chi connectivity index (χ0n) is 12.6. The molecule has 0 spiro atoms. The number of aryl methyl sites for hydroxylation is 1. The number of hydrogen-bond donors (Lipinski definition) is 1. The minimum atomic E-state index is -0.270. The molecular weight excluding hydrogens is 268 g/mol. The molecule has 1 N–H and O–H groups in total. The standard InChI is InChI=1S/C16H24N2O3/c1-11-15(21-10-17-11)16(20)18-9-5-4-7-13(18)12-6-2-3-8-14(12)19/h10,12-14,19H,2-9H2,1H3. The minimum absolute atomic E-state index is 0.0625. The van der Waals surface area contributed by atoms with Crippen molar-refractivity contribution in [1.29, 1.82) is 0 Å². The van der Waals surface area contributed by atoms with Crippen LogP contribution in [0.15, 0.2) is 10.8 Å². The average Bonchev–Trinajstić information content (AvgIpc) is 2.93. The van der Waals surface area contributed by atoms with Gasteiger partial charge in [-0.05, 0) is 39.0 Å². The van der Waals surface area contributed by atoms with Gasteiger partial charge in [0.05, 0.1) is 11.8 Å². The summed E-state index contributed by atoms with van der Waals surface area (Å²) >= 11 is 0. The largest absolute Gasteiger partial charge is 0.438 e. The number of hydrogen-bond acceptors (Lipinski definition) is 4. The van der Waals surface area contributed by atoms with Gasteiger partial charge in [-0.3, -0.25) is 4.79 Å². The molecular formula is C16H24N2O3. The highest BCUT2D eigenvalue weighted by Crippen LogP contribution is 2.34. The highest BCUT2D eigenvalue weighted by Gasteiger charge is 2.38. The Bertz CT molecular complexity index is 499. The van der Waals surface area contributed by atoms with Crippen LogP contribution in [0.25, 0.3) is 0 Å². The van der Waals surface area contributed by atoms with E-state index in [4.69, 9.17) is 4.42 Å². The molecule has 21 heavy (non-hydrogen) atoms. The van der Waals surface area contributed by atoms with Crippen LogP contribution in [0.4, 0.5) is 0 Å². The van der Waals surface area contributed by atoms with Gasteiger partial charge in [0.2, 0.25) is 5.76 Å². The summed E-state index contributed by atoms with van der Waals surface area (Å²) in [5.74, 6) is 0.505. The lowest BCUT2D eigenvalue weighted by atomic mass is 9.78. The number of likely N-dealkylation sites (tertiary alicyclic amines) is 1. The smallest absolute Gasteiger partial charge is 0.291 e. The molecule has 5 nitrogen and oxygen atoms in total. The van der Waals surface area contributed by atoms with Crippen molar-refractivity contribution in [2.24, 2.45) is 5.92 Å². The van der Waals surface area contributed by atoms with Gasteiger partial charge in [-0.2, -0.15) is 0 Å². The minimum Gasteiger partial charge on any atom is -0.438 e. The van der Waals surface area contributed by atoms with Gasteiger partial charge in [0.1, 0.15) is 0 Å². The molecule has 0 aromatic carbocycles. The Morgan fingerprint density at radius 3 is 2.76 bits per heavy atom. The van der Waals surface area contributed by atoms with Crippen LogP contribution in [0.1, 0.15) is 61.2 Å². The van der Waals surface area contributed by atoms with Crippen LogP contribution < -0.4 is 0 Å². The summed E-state index contributed by atoms with van der Waals surface area (Å²) in [5.41, 5.74) is 0.647. The summed E-state index contributed by atoms with van der Waals surface area (Å²) in [6.07, 6.45) is 8.34. The molecule has 3 unspecified atom stereocenters. The lowest BCUT2D eigenvalue weighted by molar-refractivity contribution is -0.00252. The number of amides is 1. The summed E-state index contributed by atoms with van der Waals surface area (Å²) in [6.45, 7) is 2.55. The summed E-state index contributed by atoms with van der Waals surface area (Å²) in [7, 11) is 0. The second-order valence-corrected chi connectivity index (χ2v) is 6.34. The predicted octanol–water partition coefficient (Wildman–Crippen LogP) is 2.53. The lowest BCUT2D eigenvalue weighted by Crippen LogP contribution is -2.51. The molecule has 3 atom stereocenters. The highest BCUT2D eigenvalue weighted by atomic mass is 16.3. The third kappa shape index (κ3) is 2.84. The van der Waals surface area contributed by atoms with E-state index in [2.05, 4.69) is 4.98 Å². The van der Waals surface area contributed by atoms with Crippen molar-refractivity contribution in [2.75, 3.05) is 6.54 Å². The summed E-state index contributed by atoms with van der Waals surface area (Å²) < 4.78 is 5.28. The van der Waals surface area contributed by atoms with Crippen LogP contribution in [0.3, 0.4) is 0 Å². The number of aliphatic hydroxyl groups is 1. The van der Waals surface area contributed by atoms with E-state index in [9.17, 15) is 9.90 Å². The molecule has 3 rings (SSSR count). The van der Waals surface area contributed by atoms with Gasteiger partial charge in [-0.25, -0.2) is 4.98 Å². The van der Waals surface area contributed by atoms with Gasteiger partial charge >= 0.3 is 0 Å². The average molecular weight is 292 g/mol. The first-order chi connectivity index (χ1) is 10.2. The number of carbonyl (C=O) groups excluding carboxylic acids is 1. The maximum Gasteiger partial charge on any atom is 0.291 e. The van der Waals surface area contributed by atoms with Gasteiger partial charge < -0.3 is 14.4 Å². The maximum atomic E-state index is 12.8. The molecule has 1 saturated heterocycles. The number of carbonyl (C=O) groups is 1. The van der Waals surface area contributed by atoms with Crippen molar-refractivity contribution < 1.29 is 14.3 Å². The third-order valence-electron chi connectivity index (χ3n) is 5.03. The third-order valence-corrected chi connectivity index (χ3v) is 5.03. The first-order valence-electron chi connectivity index (χ1n) is 8.07. The molecule has 5 heteroatoms. The number of aromatic nitrogens is 1. The fourth-order valence-electron chi connectivity index (χ4n) is 3.88. The van der Waals surface area contributed by atoms with Crippen LogP contribution in [0.2, 0.25) is 0 Å². The molecule has 0 bridgehead atoms. The normalized spacial score (nSPS) is 30.4. The Morgan fingerprint density at radius 1 is 1.29 bits per heavy atom. The molecule has 1 aromatic rings. The van der Waals surface area contributed by atoms with Crippen molar-refractivity contribution in [3.63, 3.8) is 0 Å². The number of nitrogens with zero attached hydrogens (tertiary/aromatic N) is 2. The molecule has 2 aliphatic rings. The topological polar surface area (TPSA) is 66.6 Å². The van der Waals surface area contributed by atoms with E-state index in [1.165, 1.54) is 6.39 Å². The number of aliphatic hydroxyl groups excluding tert-OH is 1. The van der Waals surface area contributed by atoms with Crippen LogP contribution in [-0.4, -0.2) is 39.6 Å². The van der Waals surface area contributed by atoms with Crippen LogP contribution >= 0.6 is 0 Å². The summed E-state index contributed by atoms with van der Waals surface area (Å²) in [5, 5.41) is 10.3. The van der Waals surface area contributed by atoms with Gasteiger partial charge in [-0.15, -0.1) is 0 Å². The fourth-order valence-corrected chi connectivity index (χ4v) is 3.88. The molecule has 1 saturated carbocycles. The van der Waals surface area contributed by atoms with E-state index >= 15 is 0 Å². The number of piperidine rings is 1. The lowest BCUT2D eigenvalue weighted by Gasteiger charge is -2.43. The first kappa shape index (κ1) is 14.6. The van der Waals surface area contributed by atoms with Crippen molar-refractivity contribution >= 4 is 5.91 Å². The maximum absolute atomic E-state index is 12.8. The first-order valence-corrected chi connectivity index (χ1v) is 8.07. The molecule has 116 valence electrons.